The van der Waals surface area contributed by atoms with Crippen LogP contribution in [0.4, 0.5) is 5.69 Å². The van der Waals surface area contributed by atoms with Crippen molar-refractivity contribution in [3.8, 4) is 16.3 Å². The van der Waals surface area contributed by atoms with Gasteiger partial charge in [0.15, 0.2) is 0 Å². The summed E-state index contributed by atoms with van der Waals surface area (Å²) in [5.41, 5.74) is 2.75. The van der Waals surface area contributed by atoms with Crippen molar-refractivity contribution >= 4 is 22.9 Å². The van der Waals surface area contributed by atoms with Crippen molar-refractivity contribution in [2.45, 2.75) is 20.3 Å². The second-order valence-electron chi connectivity index (χ2n) is 5.58. The summed E-state index contributed by atoms with van der Waals surface area (Å²) in [5.74, 6) is 0.752. The quantitative estimate of drug-likeness (QED) is 0.700. The van der Waals surface area contributed by atoms with Gasteiger partial charge in [-0.25, -0.2) is 4.98 Å². The molecule has 0 aliphatic carbocycles. The van der Waals surface area contributed by atoms with Crippen molar-refractivity contribution in [1.29, 1.82) is 0 Å². The fraction of sp³-hybridized carbons (Fsp3) is 0.200. The van der Waals surface area contributed by atoms with Crippen LogP contribution in [0.15, 0.2) is 54.6 Å². The van der Waals surface area contributed by atoms with Gasteiger partial charge < -0.3 is 10.1 Å². The Morgan fingerprint density at radius 1 is 1.12 bits per heavy atom. The second kappa shape index (κ2) is 7.94. The summed E-state index contributed by atoms with van der Waals surface area (Å²) in [7, 11) is 0. The standard InChI is InChI=1S/C20H20N2O2S/c1-3-24-17-11-9-16(10-12-17)22-19(23)13-18-14(2)21-20(25-18)15-7-5-4-6-8-15/h4-12H,3,13H2,1-2H3,(H,22,23). The second-order valence-corrected chi connectivity index (χ2v) is 6.66. The van der Waals surface area contributed by atoms with Crippen molar-refractivity contribution in [3.63, 3.8) is 0 Å². The van der Waals surface area contributed by atoms with E-state index in [0.717, 1.165) is 32.6 Å². The third-order valence-corrected chi connectivity index (χ3v) is 4.89. The fourth-order valence-corrected chi connectivity index (χ4v) is 3.51. The number of ether oxygens (including phenoxy) is 1. The Kier molecular flexibility index (Phi) is 5.46. The molecule has 0 radical (unpaired) electrons. The molecule has 1 heterocycles. The van der Waals surface area contributed by atoms with Gasteiger partial charge >= 0.3 is 0 Å². The summed E-state index contributed by atoms with van der Waals surface area (Å²) < 4.78 is 5.40. The molecular formula is C20H20N2O2S. The molecule has 1 amide bonds. The summed E-state index contributed by atoms with van der Waals surface area (Å²) in [6, 6.07) is 17.4. The minimum atomic E-state index is -0.0458. The van der Waals surface area contributed by atoms with E-state index in [1.165, 1.54) is 0 Å². The van der Waals surface area contributed by atoms with Gasteiger partial charge in [0.1, 0.15) is 10.8 Å². The molecule has 3 rings (SSSR count). The molecule has 0 spiro atoms. The van der Waals surface area contributed by atoms with Gasteiger partial charge in [-0.15, -0.1) is 11.3 Å². The van der Waals surface area contributed by atoms with Crippen LogP contribution in [0, 0.1) is 6.92 Å². The molecule has 1 aromatic heterocycles. The van der Waals surface area contributed by atoms with E-state index in [0.29, 0.717) is 13.0 Å². The highest BCUT2D eigenvalue weighted by molar-refractivity contribution is 7.15. The molecular weight excluding hydrogens is 332 g/mol. The molecule has 2 aromatic carbocycles. The number of aryl methyl sites for hydroxylation is 1. The lowest BCUT2D eigenvalue weighted by Gasteiger charge is -2.06. The number of hydrogen-bond donors (Lipinski definition) is 1. The van der Waals surface area contributed by atoms with Crippen LogP contribution in [-0.4, -0.2) is 17.5 Å². The minimum Gasteiger partial charge on any atom is -0.494 e. The summed E-state index contributed by atoms with van der Waals surface area (Å²) in [6.07, 6.45) is 0.323. The zero-order valence-electron chi connectivity index (χ0n) is 14.3. The fourth-order valence-electron chi connectivity index (χ4n) is 2.45. The Labute approximate surface area is 151 Å². The number of nitrogens with zero attached hydrogens (tertiary/aromatic N) is 1. The number of nitrogens with one attached hydrogen (secondary N) is 1. The maximum atomic E-state index is 12.3. The van der Waals surface area contributed by atoms with Crippen LogP contribution in [0.3, 0.4) is 0 Å². The zero-order chi connectivity index (χ0) is 17.6. The molecule has 0 bridgehead atoms. The number of anilines is 1. The van der Waals surface area contributed by atoms with E-state index < -0.39 is 0 Å². The third-order valence-electron chi connectivity index (χ3n) is 3.68. The molecule has 0 saturated carbocycles. The molecule has 3 aromatic rings. The number of benzene rings is 2. The SMILES string of the molecule is CCOc1ccc(NC(=O)Cc2sc(-c3ccccc3)nc2C)cc1. The Bertz CT molecular complexity index is 842. The third kappa shape index (κ3) is 4.45. The molecule has 25 heavy (non-hydrogen) atoms. The molecule has 0 saturated heterocycles. The van der Waals surface area contributed by atoms with E-state index in [1.54, 1.807) is 11.3 Å². The predicted molar refractivity (Wildman–Crippen MR) is 102 cm³/mol. The highest BCUT2D eigenvalue weighted by Crippen LogP contribution is 2.28. The van der Waals surface area contributed by atoms with Crippen LogP contribution in [0.25, 0.3) is 10.6 Å². The van der Waals surface area contributed by atoms with Crippen LogP contribution in [0.5, 0.6) is 5.75 Å². The largest absolute Gasteiger partial charge is 0.494 e. The van der Waals surface area contributed by atoms with E-state index >= 15 is 0 Å². The van der Waals surface area contributed by atoms with Gasteiger partial charge in [0.25, 0.3) is 0 Å². The first-order valence-electron chi connectivity index (χ1n) is 8.20. The van der Waals surface area contributed by atoms with E-state index in [9.17, 15) is 4.79 Å². The van der Waals surface area contributed by atoms with E-state index in [-0.39, 0.29) is 5.91 Å². The van der Waals surface area contributed by atoms with Crippen LogP contribution in [0.1, 0.15) is 17.5 Å². The van der Waals surface area contributed by atoms with Gasteiger partial charge in [0.05, 0.1) is 18.7 Å². The maximum absolute atomic E-state index is 12.3. The van der Waals surface area contributed by atoms with Gasteiger partial charge in [0.2, 0.25) is 5.91 Å². The number of carbonyl (C=O) groups excluding carboxylic acids is 1. The Balaban J connectivity index is 1.66. The molecule has 4 nitrogen and oxygen atoms in total. The summed E-state index contributed by atoms with van der Waals surface area (Å²) >= 11 is 1.57. The normalized spacial score (nSPS) is 10.5. The number of aromatic nitrogens is 1. The molecule has 128 valence electrons. The molecule has 0 atom stereocenters. The van der Waals surface area contributed by atoms with Crippen molar-refractivity contribution in [1.82, 2.24) is 4.98 Å². The first kappa shape index (κ1) is 17.2. The average molecular weight is 352 g/mol. The summed E-state index contributed by atoms with van der Waals surface area (Å²) in [6.45, 7) is 4.51. The summed E-state index contributed by atoms with van der Waals surface area (Å²) in [4.78, 5) is 17.9. The van der Waals surface area contributed by atoms with E-state index in [4.69, 9.17) is 4.74 Å². The molecule has 0 aliphatic heterocycles. The number of hydrogen-bond acceptors (Lipinski definition) is 4. The van der Waals surface area contributed by atoms with E-state index in [2.05, 4.69) is 10.3 Å². The van der Waals surface area contributed by atoms with Crippen LogP contribution in [0.2, 0.25) is 0 Å². The van der Waals surface area contributed by atoms with Crippen molar-refractivity contribution in [2.75, 3.05) is 11.9 Å². The molecule has 0 unspecified atom stereocenters. The summed E-state index contributed by atoms with van der Waals surface area (Å²) in [5, 5.41) is 3.87. The lowest BCUT2D eigenvalue weighted by Crippen LogP contribution is -2.14. The van der Waals surface area contributed by atoms with Crippen molar-refractivity contribution < 1.29 is 9.53 Å². The zero-order valence-corrected chi connectivity index (χ0v) is 15.1. The van der Waals surface area contributed by atoms with Crippen LogP contribution >= 0.6 is 11.3 Å². The maximum Gasteiger partial charge on any atom is 0.229 e. The first-order valence-corrected chi connectivity index (χ1v) is 9.02. The predicted octanol–water partition coefficient (Wildman–Crippen LogP) is 4.70. The number of thiazole rings is 1. The van der Waals surface area contributed by atoms with Crippen molar-refractivity contribution in [2.24, 2.45) is 0 Å². The average Bonchev–Trinajstić information content (AvgIpc) is 2.98. The Morgan fingerprint density at radius 3 is 2.52 bits per heavy atom. The number of rotatable bonds is 6. The Morgan fingerprint density at radius 2 is 1.84 bits per heavy atom. The van der Waals surface area contributed by atoms with Gasteiger partial charge in [-0.2, -0.15) is 0 Å². The van der Waals surface area contributed by atoms with Crippen molar-refractivity contribution in [3.05, 3.63) is 65.2 Å². The molecule has 1 N–H and O–H groups in total. The van der Waals surface area contributed by atoms with E-state index in [1.807, 2.05) is 68.4 Å². The van der Waals surface area contributed by atoms with Crippen LogP contribution in [-0.2, 0) is 11.2 Å². The highest BCUT2D eigenvalue weighted by Gasteiger charge is 2.13. The monoisotopic (exact) mass is 352 g/mol. The molecule has 0 fully saturated rings. The topological polar surface area (TPSA) is 51.2 Å². The minimum absolute atomic E-state index is 0.0458. The van der Waals surface area contributed by atoms with Gasteiger partial charge in [0, 0.05) is 16.1 Å². The Hall–Kier alpha value is -2.66. The van der Waals surface area contributed by atoms with Crippen LogP contribution < -0.4 is 10.1 Å². The molecule has 5 heteroatoms. The number of amides is 1. The smallest absolute Gasteiger partial charge is 0.229 e. The molecule has 0 aliphatic rings. The lowest BCUT2D eigenvalue weighted by molar-refractivity contribution is -0.115. The highest BCUT2D eigenvalue weighted by atomic mass is 32.1. The first-order chi connectivity index (χ1) is 12.2. The lowest BCUT2D eigenvalue weighted by atomic mass is 10.2. The van der Waals surface area contributed by atoms with Gasteiger partial charge in [-0.05, 0) is 38.1 Å². The van der Waals surface area contributed by atoms with Gasteiger partial charge in [-0.3, -0.25) is 4.79 Å². The van der Waals surface area contributed by atoms with Gasteiger partial charge in [-0.1, -0.05) is 30.3 Å². The number of carbonyl (C=O) groups is 1.